The second kappa shape index (κ2) is 5.74. The molecule has 0 unspecified atom stereocenters. The van der Waals surface area contributed by atoms with Crippen molar-refractivity contribution in [2.24, 2.45) is 7.05 Å². The molecule has 0 saturated heterocycles. The molecule has 0 atom stereocenters. The Labute approximate surface area is 149 Å². The molecule has 0 spiro atoms. The van der Waals surface area contributed by atoms with E-state index in [1.54, 1.807) is 23.9 Å². The first-order valence-corrected chi connectivity index (χ1v) is 8.10. The number of benzene rings is 1. The Morgan fingerprint density at radius 2 is 1.96 bits per heavy atom. The van der Waals surface area contributed by atoms with E-state index in [0.29, 0.717) is 11.4 Å². The van der Waals surface area contributed by atoms with Gasteiger partial charge < -0.3 is 9.30 Å². The molecule has 0 bridgehead atoms. The Morgan fingerprint density at radius 3 is 2.62 bits per heavy atom. The molecule has 0 aliphatic carbocycles. The molecule has 1 aromatic carbocycles. The summed E-state index contributed by atoms with van der Waals surface area (Å²) in [5.41, 5.74) is 3.69. The van der Waals surface area contributed by atoms with Crippen LogP contribution < -0.4 is 10.3 Å². The van der Waals surface area contributed by atoms with E-state index in [0.717, 1.165) is 27.6 Å². The number of aromatic nitrogens is 3. The van der Waals surface area contributed by atoms with E-state index >= 15 is 0 Å². The van der Waals surface area contributed by atoms with E-state index in [-0.39, 0.29) is 11.1 Å². The predicted octanol–water partition coefficient (Wildman–Crippen LogP) is 3.07. The van der Waals surface area contributed by atoms with Gasteiger partial charge in [-0.2, -0.15) is 5.26 Å². The Kier molecular flexibility index (Phi) is 3.51. The van der Waals surface area contributed by atoms with Crippen LogP contribution in [0.3, 0.4) is 0 Å². The van der Waals surface area contributed by atoms with Crippen LogP contribution in [0.1, 0.15) is 11.3 Å². The number of nitriles is 1. The highest BCUT2D eigenvalue weighted by Crippen LogP contribution is 2.31. The zero-order chi connectivity index (χ0) is 18.4. The summed E-state index contributed by atoms with van der Waals surface area (Å²) in [4.78, 5) is 17.3. The van der Waals surface area contributed by atoms with Gasteiger partial charge in [0.15, 0.2) is 0 Å². The lowest BCUT2D eigenvalue weighted by atomic mass is 10.2. The van der Waals surface area contributed by atoms with Crippen LogP contribution in [0.4, 0.5) is 0 Å². The first-order valence-electron chi connectivity index (χ1n) is 8.10. The fourth-order valence-corrected chi connectivity index (χ4v) is 3.29. The maximum atomic E-state index is 13.0. The SMILES string of the molecule is COc1ccc2c(c1)c1c(cc(C#N)c(=O)n1-c1ccc(C)nc1)n2C. The number of nitrogens with zero attached hydrogens (tertiary/aromatic N) is 4. The molecule has 0 radical (unpaired) electrons. The minimum Gasteiger partial charge on any atom is -0.497 e. The van der Waals surface area contributed by atoms with Crippen molar-refractivity contribution in [2.75, 3.05) is 7.11 Å². The summed E-state index contributed by atoms with van der Waals surface area (Å²) in [6, 6.07) is 13.1. The molecule has 0 aliphatic heterocycles. The highest BCUT2D eigenvalue weighted by atomic mass is 16.5. The minimum absolute atomic E-state index is 0.0935. The second-order valence-electron chi connectivity index (χ2n) is 6.14. The van der Waals surface area contributed by atoms with Gasteiger partial charge in [0.25, 0.3) is 5.56 Å². The molecule has 0 saturated carbocycles. The number of hydrogen-bond donors (Lipinski definition) is 0. The molecule has 0 N–H and O–H groups in total. The van der Waals surface area contributed by atoms with Crippen molar-refractivity contribution in [2.45, 2.75) is 6.92 Å². The van der Waals surface area contributed by atoms with Crippen LogP contribution in [0.5, 0.6) is 5.75 Å². The first-order chi connectivity index (χ1) is 12.5. The Hall–Kier alpha value is -3.59. The van der Waals surface area contributed by atoms with Crippen molar-refractivity contribution < 1.29 is 4.74 Å². The Balaban J connectivity index is 2.26. The lowest BCUT2D eigenvalue weighted by molar-refractivity contribution is 0.415. The van der Waals surface area contributed by atoms with E-state index in [1.165, 1.54) is 0 Å². The molecule has 128 valence electrons. The molecule has 0 amide bonds. The van der Waals surface area contributed by atoms with Gasteiger partial charge in [-0.05, 0) is 43.3 Å². The number of aryl methyl sites for hydroxylation is 2. The summed E-state index contributed by atoms with van der Waals surface area (Å²) < 4.78 is 8.89. The number of methoxy groups -OCH3 is 1. The fourth-order valence-electron chi connectivity index (χ4n) is 3.29. The van der Waals surface area contributed by atoms with E-state index in [9.17, 15) is 10.1 Å². The van der Waals surface area contributed by atoms with Crippen LogP contribution >= 0.6 is 0 Å². The molecular formula is C20H16N4O2. The van der Waals surface area contributed by atoms with Crippen LogP contribution in [-0.4, -0.2) is 21.2 Å². The van der Waals surface area contributed by atoms with Crippen molar-refractivity contribution in [1.82, 2.24) is 14.1 Å². The molecule has 6 nitrogen and oxygen atoms in total. The molecule has 26 heavy (non-hydrogen) atoms. The number of pyridine rings is 2. The lowest BCUT2D eigenvalue weighted by Gasteiger charge is -2.10. The van der Waals surface area contributed by atoms with E-state index in [2.05, 4.69) is 4.98 Å². The highest BCUT2D eigenvalue weighted by Gasteiger charge is 2.18. The summed E-state index contributed by atoms with van der Waals surface area (Å²) in [7, 11) is 3.53. The summed E-state index contributed by atoms with van der Waals surface area (Å²) >= 11 is 0. The van der Waals surface area contributed by atoms with Gasteiger partial charge >= 0.3 is 0 Å². The normalized spacial score (nSPS) is 11.0. The highest BCUT2D eigenvalue weighted by molar-refractivity contribution is 6.07. The average Bonchev–Trinajstić information content (AvgIpc) is 2.93. The summed E-state index contributed by atoms with van der Waals surface area (Å²) in [5, 5.41) is 10.3. The third-order valence-electron chi connectivity index (χ3n) is 4.64. The van der Waals surface area contributed by atoms with Crippen molar-refractivity contribution >= 4 is 21.9 Å². The van der Waals surface area contributed by atoms with Crippen molar-refractivity contribution in [3.8, 4) is 17.5 Å². The van der Waals surface area contributed by atoms with Crippen LogP contribution in [0.15, 0.2) is 47.4 Å². The van der Waals surface area contributed by atoms with Gasteiger partial charge in [0, 0.05) is 18.1 Å². The Morgan fingerprint density at radius 1 is 1.15 bits per heavy atom. The molecule has 0 aliphatic rings. The van der Waals surface area contributed by atoms with Crippen LogP contribution in [0.25, 0.3) is 27.6 Å². The fraction of sp³-hybridized carbons (Fsp3) is 0.150. The maximum absolute atomic E-state index is 13.0. The van der Waals surface area contributed by atoms with Gasteiger partial charge in [-0.1, -0.05) is 0 Å². The quantitative estimate of drug-likeness (QED) is 0.560. The number of rotatable bonds is 2. The summed E-state index contributed by atoms with van der Waals surface area (Å²) in [6.07, 6.45) is 1.65. The molecular weight excluding hydrogens is 328 g/mol. The molecule has 0 fully saturated rings. The van der Waals surface area contributed by atoms with Gasteiger partial charge in [-0.15, -0.1) is 0 Å². The third kappa shape index (κ3) is 2.18. The van der Waals surface area contributed by atoms with Gasteiger partial charge in [0.2, 0.25) is 0 Å². The maximum Gasteiger partial charge on any atom is 0.273 e. The average molecular weight is 344 g/mol. The van der Waals surface area contributed by atoms with Crippen LogP contribution in [0.2, 0.25) is 0 Å². The monoisotopic (exact) mass is 344 g/mol. The summed E-state index contributed by atoms with van der Waals surface area (Å²) in [6.45, 7) is 1.89. The zero-order valence-corrected chi connectivity index (χ0v) is 14.6. The second-order valence-corrected chi connectivity index (χ2v) is 6.14. The van der Waals surface area contributed by atoms with E-state index in [1.807, 2.05) is 54.9 Å². The molecule has 4 aromatic rings. The largest absolute Gasteiger partial charge is 0.497 e. The Bertz CT molecular complexity index is 1260. The van der Waals surface area contributed by atoms with Crippen molar-refractivity contribution in [3.05, 3.63) is 64.2 Å². The van der Waals surface area contributed by atoms with Crippen molar-refractivity contribution in [1.29, 1.82) is 5.26 Å². The third-order valence-corrected chi connectivity index (χ3v) is 4.64. The summed E-state index contributed by atoms with van der Waals surface area (Å²) in [5.74, 6) is 0.704. The first kappa shape index (κ1) is 15.9. The molecule has 4 rings (SSSR count). The van der Waals surface area contributed by atoms with Crippen LogP contribution in [0, 0.1) is 18.3 Å². The number of hydrogen-bond acceptors (Lipinski definition) is 4. The molecule has 3 aromatic heterocycles. The lowest BCUT2D eigenvalue weighted by Crippen LogP contribution is -2.21. The predicted molar refractivity (Wildman–Crippen MR) is 99.8 cm³/mol. The van der Waals surface area contributed by atoms with Gasteiger partial charge in [-0.25, -0.2) is 0 Å². The minimum atomic E-state index is -0.360. The van der Waals surface area contributed by atoms with Crippen molar-refractivity contribution in [3.63, 3.8) is 0 Å². The topological polar surface area (TPSA) is 72.8 Å². The van der Waals surface area contributed by atoms with Crippen LogP contribution in [-0.2, 0) is 7.05 Å². The zero-order valence-electron chi connectivity index (χ0n) is 14.6. The molecule has 3 heterocycles. The van der Waals surface area contributed by atoms with Gasteiger partial charge in [-0.3, -0.25) is 14.3 Å². The van der Waals surface area contributed by atoms with E-state index in [4.69, 9.17) is 4.74 Å². The number of ether oxygens (including phenoxy) is 1. The number of fused-ring (bicyclic) bond motifs is 3. The van der Waals surface area contributed by atoms with Gasteiger partial charge in [0.1, 0.15) is 17.4 Å². The molecule has 6 heteroatoms. The van der Waals surface area contributed by atoms with E-state index < -0.39 is 0 Å². The smallest absolute Gasteiger partial charge is 0.273 e. The standard InChI is InChI=1S/C20H16N4O2/c1-12-4-5-14(11-22-12)24-19-16-9-15(26-3)6-7-17(16)23(2)18(19)8-13(10-21)20(24)25/h4-9,11H,1-3H3. The van der Waals surface area contributed by atoms with Gasteiger partial charge in [0.05, 0.1) is 35.5 Å².